The zero-order valence-corrected chi connectivity index (χ0v) is 12.7. The molecule has 0 aliphatic carbocycles. The molecule has 104 valence electrons. The number of aromatic nitrogens is 1. The van der Waals surface area contributed by atoms with Crippen LogP contribution in [0.3, 0.4) is 0 Å². The zero-order valence-electron chi connectivity index (χ0n) is 11.1. The van der Waals surface area contributed by atoms with Crippen LogP contribution in [0.4, 0.5) is 0 Å². The van der Waals surface area contributed by atoms with Gasteiger partial charge in [-0.3, -0.25) is 9.78 Å². The van der Waals surface area contributed by atoms with Crippen LogP contribution in [-0.4, -0.2) is 16.5 Å². The van der Waals surface area contributed by atoms with Gasteiger partial charge in [0.15, 0.2) is 5.78 Å². The topological polar surface area (TPSA) is 30.0 Å². The van der Waals surface area contributed by atoms with E-state index in [9.17, 15) is 4.79 Å². The summed E-state index contributed by atoms with van der Waals surface area (Å²) in [7, 11) is 0. The molecule has 0 fully saturated rings. The molecule has 3 aromatic rings. The Balaban J connectivity index is 1.81. The van der Waals surface area contributed by atoms with Crippen molar-refractivity contribution in [2.24, 2.45) is 0 Å². The standard InChI is InChI=1S/C17H12ClNOS/c18-13-4-2-5-14(9-13)21-11-17(20)16-6-1-3-12-10-19-8-7-15(12)16/h1-10H,11H2. The number of hydrogen-bond acceptors (Lipinski definition) is 3. The highest BCUT2D eigenvalue weighted by Gasteiger charge is 2.10. The van der Waals surface area contributed by atoms with Gasteiger partial charge in [-0.05, 0) is 29.7 Å². The van der Waals surface area contributed by atoms with Crippen molar-refractivity contribution in [3.63, 3.8) is 0 Å². The lowest BCUT2D eigenvalue weighted by molar-refractivity contribution is 0.102. The second kappa shape index (κ2) is 6.29. The van der Waals surface area contributed by atoms with E-state index in [0.29, 0.717) is 10.8 Å². The third-order valence-corrected chi connectivity index (χ3v) is 4.38. The average Bonchev–Trinajstić information content (AvgIpc) is 2.52. The molecule has 0 amide bonds. The maximum atomic E-state index is 12.4. The summed E-state index contributed by atoms with van der Waals surface area (Å²) in [6.45, 7) is 0. The van der Waals surface area contributed by atoms with E-state index in [1.807, 2.05) is 48.5 Å². The molecule has 0 unspecified atom stereocenters. The van der Waals surface area contributed by atoms with Crippen LogP contribution in [-0.2, 0) is 0 Å². The van der Waals surface area contributed by atoms with Crippen molar-refractivity contribution in [1.82, 2.24) is 4.98 Å². The molecule has 1 aromatic heterocycles. The van der Waals surface area contributed by atoms with Crippen LogP contribution in [0.15, 0.2) is 65.8 Å². The van der Waals surface area contributed by atoms with Crippen LogP contribution < -0.4 is 0 Å². The number of ketones is 1. The largest absolute Gasteiger partial charge is 0.293 e. The Morgan fingerprint density at radius 1 is 1.14 bits per heavy atom. The van der Waals surface area contributed by atoms with Gasteiger partial charge in [0, 0.05) is 33.3 Å². The van der Waals surface area contributed by atoms with Crippen molar-refractivity contribution in [2.45, 2.75) is 4.90 Å². The van der Waals surface area contributed by atoms with Gasteiger partial charge in [-0.25, -0.2) is 0 Å². The van der Waals surface area contributed by atoms with Crippen LogP contribution in [0.1, 0.15) is 10.4 Å². The van der Waals surface area contributed by atoms with E-state index >= 15 is 0 Å². The minimum absolute atomic E-state index is 0.108. The van der Waals surface area contributed by atoms with Crippen LogP contribution in [0, 0.1) is 0 Å². The molecular formula is C17H12ClNOS. The summed E-state index contributed by atoms with van der Waals surface area (Å²) in [5.41, 5.74) is 0.740. The first kappa shape index (κ1) is 14.1. The fraction of sp³-hybridized carbons (Fsp3) is 0.0588. The number of Topliss-reactive ketones (excluding diaryl/α,β-unsaturated/α-hetero) is 1. The van der Waals surface area contributed by atoms with Gasteiger partial charge in [0.1, 0.15) is 0 Å². The van der Waals surface area contributed by atoms with E-state index in [2.05, 4.69) is 4.98 Å². The zero-order chi connectivity index (χ0) is 14.7. The molecule has 3 rings (SSSR count). The van der Waals surface area contributed by atoms with E-state index in [1.54, 1.807) is 12.4 Å². The van der Waals surface area contributed by atoms with Crippen molar-refractivity contribution < 1.29 is 4.79 Å². The van der Waals surface area contributed by atoms with Crippen molar-refractivity contribution in [3.8, 4) is 0 Å². The summed E-state index contributed by atoms with van der Waals surface area (Å²) in [6, 6.07) is 15.1. The van der Waals surface area contributed by atoms with Gasteiger partial charge in [0.2, 0.25) is 0 Å². The number of carbonyl (C=O) groups is 1. The lowest BCUT2D eigenvalue weighted by Crippen LogP contribution is -2.03. The Hall–Kier alpha value is -1.84. The lowest BCUT2D eigenvalue weighted by Gasteiger charge is -2.05. The molecule has 0 saturated heterocycles. The van der Waals surface area contributed by atoms with Gasteiger partial charge in [0.05, 0.1) is 5.75 Å². The fourth-order valence-electron chi connectivity index (χ4n) is 2.15. The Morgan fingerprint density at radius 2 is 2.00 bits per heavy atom. The fourth-order valence-corrected chi connectivity index (χ4v) is 3.24. The normalized spacial score (nSPS) is 10.7. The molecule has 4 heteroatoms. The van der Waals surface area contributed by atoms with Crippen molar-refractivity contribution in [1.29, 1.82) is 0 Å². The summed E-state index contributed by atoms with van der Waals surface area (Å²) >= 11 is 7.45. The summed E-state index contributed by atoms with van der Waals surface area (Å²) in [4.78, 5) is 17.5. The third kappa shape index (κ3) is 3.26. The number of fused-ring (bicyclic) bond motifs is 1. The Morgan fingerprint density at radius 3 is 2.86 bits per heavy atom. The molecule has 21 heavy (non-hydrogen) atoms. The SMILES string of the molecule is O=C(CSc1cccc(Cl)c1)c1cccc2cnccc12. The number of benzene rings is 2. The predicted molar refractivity (Wildman–Crippen MR) is 88.2 cm³/mol. The molecule has 0 radical (unpaired) electrons. The second-order valence-corrected chi connectivity index (χ2v) is 6.06. The smallest absolute Gasteiger partial charge is 0.173 e. The highest BCUT2D eigenvalue weighted by Crippen LogP contribution is 2.24. The Bertz CT molecular complexity index is 798. The molecule has 0 N–H and O–H groups in total. The van der Waals surface area contributed by atoms with Gasteiger partial charge < -0.3 is 0 Å². The Labute approximate surface area is 132 Å². The highest BCUT2D eigenvalue weighted by molar-refractivity contribution is 8.00. The monoisotopic (exact) mass is 313 g/mol. The van der Waals surface area contributed by atoms with Gasteiger partial charge in [-0.1, -0.05) is 35.9 Å². The van der Waals surface area contributed by atoms with E-state index < -0.39 is 0 Å². The van der Waals surface area contributed by atoms with Crippen LogP contribution >= 0.6 is 23.4 Å². The molecular weight excluding hydrogens is 302 g/mol. The van der Waals surface area contributed by atoms with E-state index in [4.69, 9.17) is 11.6 Å². The maximum absolute atomic E-state index is 12.4. The molecule has 0 bridgehead atoms. The number of nitrogens with zero attached hydrogens (tertiary/aromatic N) is 1. The van der Waals surface area contributed by atoms with Crippen LogP contribution in [0.25, 0.3) is 10.8 Å². The second-order valence-electron chi connectivity index (χ2n) is 4.57. The lowest BCUT2D eigenvalue weighted by atomic mass is 10.0. The summed E-state index contributed by atoms with van der Waals surface area (Å²) in [5, 5.41) is 2.61. The molecule has 1 heterocycles. The number of carbonyl (C=O) groups excluding carboxylic acids is 1. The summed E-state index contributed by atoms with van der Waals surface area (Å²) in [6.07, 6.45) is 3.49. The van der Waals surface area contributed by atoms with Gasteiger partial charge >= 0.3 is 0 Å². The van der Waals surface area contributed by atoms with E-state index in [-0.39, 0.29) is 5.78 Å². The van der Waals surface area contributed by atoms with Gasteiger partial charge in [-0.15, -0.1) is 11.8 Å². The van der Waals surface area contributed by atoms with Crippen LogP contribution in [0.5, 0.6) is 0 Å². The number of pyridine rings is 1. The van der Waals surface area contributed by atoms with E-state index in [1.165, 1.54) is 11.8 Å². The van der Waals surface area contributed by atoms with Crippen molar-refractivity contribution >= 4 is 39.9 Å². The van der Waals surface area contributed by atoms with Crippen molar-refractivity contribution in [3.05, 3.63) is 71.5 Å². The molecule has 0 spiro atoms. The number of thioether (sulfide) groups is 1. The highest BCUT2D eigenvalue weighted by atomic mass is 35.5. The minimum Gasteiger partial charge on any atom is -0.293 e. The third-order valence-electron chi connectivity index (χ3n) is 3.15. The predicted octanol–water partition coefficient (Wildman–Crippen LogP) is 4.86. The summed E-state index contributed by atoms with van der Waals surface area (Å²) < 4.78 is 0. The summed E-state index contributed by atoms with van der Waals surface area (Å²) in [5.74, 6) is 0.499. The first-order valence-electron chi connectivity index (χ1n) is 6.48. The maximum Gasteiger partial charge on any atom is 0.173 e. The Kier molecular flexibility index (Phi) is 4.23. The quantitative estimate of drug-likeness (QED) is 0.509. The van der Waals surface area contributed by atoms with Gasteiger partial charge in [-0.2, -0.15) is 0 Å². The van der Waals surface area contributed by atoms with Gasteiger partial charge in [0.25, 0.3) is 0 Å². The number of hydrogen-bond donors (Lipinski definition) is 0. The first-order chi connectivity index (χ1) is 10.2. The molecule has 2 nitrogen and oxygen atoms in total. The number of rotatable bonds is 4. The van der Waals surface area contributed by atoms with Crippen LogP contribution in [0.2, 0.25) is 5.02 Å². The first-order valence-corrected chi connectivity index (χ1v) is 7.85. The number of halogens is 1. The minimum atomic E-state index is 0.108. The average molecular weight is 314 g/mol. The van der Waals surface area contributed by atoms with Crippen molar-refractivity contribution in [2.75, 3.05) is 5.75 Å². The molecule has 0 aliphatic heterocycles. The van der Waals surface area contributed by atoms with E-state index in [0.717, 1.165) is 21.2 Å². The molecule has 0 saturated carbocycles. The molecule has 0 atom stereocenters. The molecule has 2 aromatic carbocycles. The molecule has 0 aliphatic rings.